The molecule has 1 aromatic carbocycles. The lowest BCUT2D eigenvalue weighted by atomic mass is 10.1. The van der Waals surface area contributed by atoms with E-state index in [9.17, 15) is 14.9 Å². The summed E-state index contributed by atoms with van der Waals surface area (Å²) in [6.07, 6.45) is 3.24. The Kier molecular flexibility index (Phi) is 4.89. The van der Waals surface area contributed by atoms with Gasteiger partial charge in [-0.15, -0.1) is 0 Å². The smallest absolute Gasteiger partial charge is 0.269 e. The molecule has 0 aliphatic carbocycles. The molecule has 0 aliphatic rings. The minimum Gasteiger partial charge on any atom is -0.335 e. The number of amides is 1. The molecule has 1 atom stereocenters. The molecule has 2 heterocycles. The zero-order valence-corrected chi connectivity index (χ0v) is 15.7. The van der Waals surface area contributed by atoms with Crippen LogP contribution in [0.5, 0.6) is 0 Å². The molecule has 0 N–H and O–H groups in total. The van der Waals surface area contributed by atoms with Crippen molar-refractivity contribution in [3.05, 3.63) is 64.0 Å². The van der Waals surface area contributed by atoms with Crippen LogP contribution in [0.2, 0.25) is 0 Å². The van der Waals surface area contributed by atoms with Crippen LogP contribution < -0.4 is 0 Å². The first-order valence-corrected chi connectivity index (χ1v) is 8.64. The Labute approximate surface area is 156 Å². The molecule has 0 bridgehead atoms. The van der Waals surface area contributed by atoms with Crippen molar-refractivity contribution in [2.24, 2.45) is 0 Å². The molecule has 2 aromatic heterocycles. The van der Waals surface area contributed by atoms with Gasteiger partial charge in [-0.25, -0.2) is 9.67 Å². The molecule has 0 radical (unpaired) electrons. The molecule has 0 spiro atoms. The number of nitro groups is 1. The van der Waals surface area contributed by atoms with E-state index in [0.29, 0.717) is 11.1 Å². The maximum Gasteiger partial charge on any atom is 0.269 e. The summed E-state index contributed by atoms with van der Waals surface area (Å²) < 4.78 is 1.80. The predicted molar refractivity (Wildman–Crippen MR) is 102 cm³/mol. The van der Waals surface area contributed by atoms with E-state index in [1.54, 1.807) is 47.2 Å². The van der Waals surface area contributed by atoms with Gasteiger partial charge in [0.25, 0.3) is 11.6 Å². The molecule has 3 rings (SSSR count). The molecule has 8 nitrogen and oxygen atoms in total. The zero-order chi connectivity index (χ0) is 19.7. The lowest BCUT2D eigenvalue weighted by Gasteiger charge is -2.25. The van der Waals surface area contributed by atoms with Crippen molar-refractivity contribution in [3.8, 4) is 0 Å². The number of nitro benzene ring substituents is 1. The van der Waals surface area contributed by atoms with Crippen LogP contribution in [-0.4, -0.2) is 37.5 Å². The number of hydrogen-bond acceptors (Lipinski definition) is 5. The molecule has 0 saturated carbocycles. The van der Waals surface area contributed by atoms with Gasteiger partial charge in [-0.3, -0.25) is 14.9 Å². The van der Waals surface area contributed by atoms with Crippen molar-refractivity contribution in [2.45, 2.75) is 32.9 Å². The largest absolute Gasteiger partial charge is 0.335 e. The van der Waals surface area contributed by atoms with Crippen molar-refractivity contribution < 1.29 is 9.72 Å². The molecule has 27 heavy (non-hydrogen) atoms. The van der Waals surface area contributed by atoms with Crippen LogP contribution in [0, 0.1) is 10.1 Å². The number of carbonyl (C=O) groups excluding carboxylic acids is 1. The summed E-state index contributed by atoms with van der Waals surface area (Å²) in [5.74, 6) is -0.208. The minimum atomic E-state index is -0.442. The Hall–Kier alpha value is -3.29. The average molecular weight is 367 g/mol. The number of rotatable bonds is 5. The fourth-order valence-electron chi connectivity index (χ4n) is 2.94. The first kappa shape index (κ1) is 18.5. The third-order valence-corrected chi connectivity index (χ3v) is 4.63. The van der Waals surface area contributed by atoms with Crippen molar-refractivity contribution in [3.63, 3.8) is 0 Å². The second kappa shape index (κ2) is 7.14. The predicted octanol–water partition coefficient (Wildman–Crippen LogP) is 3.75. The maximum absolute atomic E-state index is 12.9. The number of aromatic nitrogens is 3. The van der Waals surface area contributed by atoms with Crippen LogP contribution in [0.15, 0.2) is 42.7 Å². The molecule has 0 aliphatic heterocycles. The summed E-state index contributed by atoms with van der Waals surface area (Å²) in [7, 11) is 1.67. The molecule has 0 saturated heterocycles. The lowest BCUT2D eigenvalue weighted by molar-refractivity contribution is -0.384. The topological polar surface area (TPSA) is 94.2 Å². The Morgan fingerprint density at radius 1 is 1.22 bits per heavy atom. The summed E-state index contributed by atoms with van der Waals surface area (Å²) in [6, 6.07) is 7.93. The number of benzene rings is 1. The Bertz CT molecular complexity index is 1010. The van der Waals surface area contributed by atoms with Crippen molar-refractivity contribution in [2.75, 3.05) is 7.05 Å². The van der Waals surface area contributed by atoms with Gasteiger partial charge in [0.05, 0.1) is 22.7 Å². The monoisotopic (exact) mass is 367 g/mol. The highest BCUT2D eigenvalue weighted by molar-refractivity contribution is 5.96. The zero-order valence-electron chi connectivity index (χ0n) is 15.7. The van der Waals surface area contributed by atoms with Gasteiger partial charge < -0.3 is 4.90 Å². The Morgan fingerprint density at radius 3 is 2.63 bits per heavy atom. The number of non-ortho nitro benzene ring substituents is 1. The second-order valence-electron chi connectivity index (χ2n) is 6.76. The SMILES string of the molecule is CC(C)n1ncc2cc(C(=O)N(C)[C@H](C)c3cccc([N+](=O)[O-])c3)cnc21. The van der Waals surface area contributed by atoms with E-state index >= 15 is 0 Å². The van der Waals surface area contributed by atoms with Crippen LogP contribution in [0.4, 0.5) is 5.69 Å². The number of nitrogens with zero attached hydrogens (tertiary/aromatic N) is 5. The van der Waals surface area contributed by atoms with E-state index in [2.05, 4.69) is 10.1 Å². The molecular weight excluding hydrogens is 346 g/mol. The van der Waals surface area contributed by atoms with Gasteiger partial charge in [-0.2, -0.15) is 5.10 Å². The van der Waals surface area contributed by atoms with Crippen molar-refractivity contribution >= 4 is 22.6 Å². The van der Waals surface area contributed by atoms with E-state index in [1.807, 2.05) is 20.8 Å². The second-order valence-corrected chi connectivity index (χ2v) is 6.76. The maximum atomic E-state index is 12.9. The molecule has 8 heteroatoms. The molecule has 0 fully saturated rings. The summed E-state index contributed by atoms with van der Waals surface area (Å²) >= 11 is 0. The highest BCUT2D eigenvalue weighted by Crippen LogP contribution is 2.25. The molecule has 3 aromatic rings. The summed E-state index contributed by atoms with van der Waals surface area (Å²) in [5.41, 5.74) is 1.88. The van der Waals surface area contributed by atoms with Crippen LogP contribution in [0.25, 0.3) is 11.0 Å². The van der Waals surface area contributed by atoms with Crippen LogP contribution in [0.1, 0.15) is 48.8 Å². The first-order valence-electron chi connectivity index (χ1n) is 8.64. The fourth-order valence-corrected chi connectivity index (χ4v) is 2.94. The number of carbonyl (C=O) groups is 1. The van der Waals surface area contributed by atoms with Crippen molar-refractivity contribution in [1.29, 1.82) is 0 Å². The van der Waals surface area contributed by atoms with Gasteiger partial charge in [0.2, 0.25) is 0 Å². The van der Waals surface area contributed by atoms with Crippen LogP contribution >= 0.6 is 0 Å². The quantitative estimate of drug-likeness (QED) is 0.505. The molecule has 1 amide bonds. The van der Waals surface area contributed by atoms with Gasteiger partial charge in [-0.1, -0.05) is 12.1 Å². The Morgan fingerprint density at radius 2 is 1.96 bits per heavy atom. The summed E-state index contributed by atoms with van der Waals surface area (Å²) in [6.45, 7) is 5.86. The fraction of sp³-hybridized carbons (Fsp3) is 0.316. The molecular formula is C19H21N5O3. The van der Waals surface area contributed by atoms with Gasteiger partial charge >= 0.3 is 0 Å². The van der Waals surface area contributed by atoms with E-state index in [4.69, 9.17) is 0 Å². The molecule has 0 unspecified atom stereocenters. The van der Waals surface area contributed by atoms with E-state index in [0.717, 1.165) is 11.0 Å². The van der Waals surface area contributed by atoms with Gasteiger partial charge in [0, 0.05) is 36.8 Å². The lowest BCUT2D eigenvalue weighted by Crippen LogP contribution is -2.29. The first-order chi connectivity index (χ1) is 12.8. The number of hydrogen-bond donors (Lipinski definition) is 0. The average Bonchev–Trinajstić information content (AvgIpc) is 3.09. The van der Waals surface area contributed by atoms with Gasteiger partial charge in [-0.05, 0) is 32.4 Å². The highest BCUT2D eigenvalue weighted by Gasteiger charge is 2.21. The third kappa shape index (κ3) is 3.51. The normalized spacial score (nSPS) is 12.3. The van der Waals surface area contributed by atoms with Crippen LogP contribution in [0.3, 0.4) is 0 Å². The van der Waals surface area contributed by atoms with Gasteiger partial charge in [0.15, 0.2) is 5.65 Å². The number of pyridine rings is 1. The standard InChI is InChI=1S/C19H21N5O3/c1-12(2)23-18-15(11-21-23)8-16(10-20-18)19(25)22(4)13(3)14-6-5-7-17(9-14)24(26)27/h5-13H,1-4H3/t13-/m1/s1. The van der Waals surface area contributed by atoms with E-state index in [-0.39, 0.29) is 23.7 Å². The third-order valence-electron chi connectivity index (χ3n) is 4.63. The van der Waals surface area contributed by atoms with E-state index < -0.39 is 4.92 Å². The minimum absolute atomic E-state index is 0.00406. The van der Waals surface area contributed by atoms with Gasteiger partial charge in [0.1, 0.15) is 0 Å². The molecule has 140 valence electrons. The highest BCUT2D eigenvalue weighted by atomic mass is 16.6. The Balaban J connectivity index is 1.87. The number of fused-ring (bicyclic) bond motifs is 1. The van der Waals surface area contributed by atoms with Crippen LogP contribution in [-0.2, 0) is 0 Å². The van der Waals surface area contributed by atoms with E-state index in [1.165, 1.54) is 12.1 Å². The van der Waals surface area contributed by atoms with Crippen molar-refractivity contribution in [1.82, 2.24) is 19.7 Å². The summed E-state index contributed by atoms with van der Waals surface area (Å²) in [5, 5.41) is 16.1. The summed E-state index contributed by atoms with van der Waals surface area (Å²) in [4.78, 5) is 29.4.